The van der Waals surface area contributed by atoms with Crippen LogP contribution in [0.3, 0.4) is 0 Å². The number of nitrogens with zero attached hydrogens (tertiary/aromatic N) is 2. The molecule has 0 saturated carbocycles. The summed E-state index contributed by atoms with van der Waals surface area (Å²) in [5.74, 6) is 2.29. The number of methoxy groups -OCH3 is 2. The van der Waals surface area contributed by atoms with Crippen molar-refractivity contribution < 1.29 is 9.47 Å². The molecule has 0 saturated heterocycles. The summed E-state index contributed by atoms with van der Waals surface area (Å²) in [6.07, 6.45) is 1.04. The van der Waals surface area contributed by atoms with Crippen LogP contribution in [0.1, 0.15) is 23.6 Å². The van der Waals surface area contributed by atoms with Crippen LogP contribution in [0.15, 0.2) is 40.7 Å². The van der Waals surface area contributed by atoms with Gasteiger partial charge in [-0.05, 0) is 54.3 Å². The van der Waals surface area contributed by atoms with E-state index in [1.54, 1.807) is 37.3 Å². The second-order valence-corrected chi connectivity index (χ2v) is 8.17. The molecule has 1 heterocycles. The highest BCUT2D eigenvalue weighted by atomic mass is 32.2. The van der Waals surface area contributed by atoms with Crippen LogP contribution in [0.5, 0.6) is 11.5 Å². The van der Waals surface area contributed by atoms with Crippen molar-refractivity contribution in [2.45, 2.75) is 30.4 Å². The number of thioether (sulfide) groups is 1. The van der Waals surface area contributed by atoms with Crippen molar-refractivity contribution >= 4 is 33.9 Å². The summed E-state index contributed by atoms with van der Waals surface area (Å²) < 4.78 is 11.7. The average molecular weight is 402 g/mol. The first kappa shape index (κ1) is 19.5. The molecule has 0 amide bonds. The maximum absolute atomic E-state index is 5.40. The minimum absolute atomic E-state index is 0.744. The fourth-order valence-corrected chi connectivity index (χ4v) is 4.42. The highest BCUT2D eigenvalue weighted by molar-refractivity contribution is 8.00. The van der Waals surface area contributed by atoms with Gasteiger partial charge >= 0.3 is 0 Å². The van der Waals surface area contributed by atoms with Gasteiger partial charge in [-0.1, -0.05) is 42.2 Å². The fraction of sp³-hybridized carbons (Fsp3) is 0.300. The number of anilines is 2. The van der Waals surface area contributed by atoms with Crippen molar-refractivity contribution in [2.75, 3.05) is 19.5 Å². The maximum Gasteiger partial charge on any atom is 0.210 e. The van der Waals surface area contributed by atoms with Crippen molar-refractivity contribution in [3.8, 4) is 11.5 Å². The normalized spacial score (nSPS) is 10.7. The average Bonchev–Trinajstić information content (AvgIpc) is 3.14. The zero-order valence-electron chi connectivity index (χ0n) is 15.9. The molecule has 0 fully saturated rings. The smallest absolute Gasteiger partial charge is 0.210 e. The van der Waals surface area contributed by atoms with Crippen LogP contribution in [0, 0.1) is 6.92 Å². The zero-order chi connectivity index (χ0) is 19.2. The molecule has 0 aliphatic rings. The van der Waals surface area contributed by atoms with Gasteiger partial charge in [0.1, 0.15) is 0 Å². The Hall–Kier alpha value is -2.25. The van der Waals surface area contributed by atoms with Crippen LogP contribution in [0.25, 0.3) is 0 Å². The predicted octanol–water partition coefficient (Wildman–Crippen LogP) is 5.46. The number of aromatic nitrogens is 2. The third-order valence-corrected chi connectivity index (χ3v) is 6.23. The van der Waals surface area contributed by atoms with E-state index >= 15 is 0 Å². The largest absolute Gasteiger partial charge is 0.493 e. The van der Waals surface area contributed by atoms with Crippen molar-refractivity contribution in [1.29, 1.82) is 0 Å². The highest BCUT2D eigenvalue weighted by Crippen LogP contribution is 2.35. The molecule has 0 aliphatic heterocycles. The SMILES string of the molecule is CCc1ccc(Nc2nnc(SCc3cc(OC)c(OC)cc3C)s2)cc1. The van der Waals surface area contributed by atoms with Crippen LogP contribution >= 0.6 is 23.1 Å². The van der Waals surface area contributed by atoms with E-state index in [4.69, 9.17) is 9.47 Å². The Bertz CT molecular complexity index is 895. The summed E-state index contributed by atoms with van der Waals surface area (Å²) in [4.78, 5) is 0. The first-order valence-electron chi connectivity index (χ1n) is 8.66. The number of nitrogens with one attached hydrogen (secondary N) is 1. The minimum Gasteiger partial charge on any atom is -0.493 e. The Morgan fingerprint density at radius 3 is 2.41 bits per heavy atom. The Kier molecular flexibility index (Phi) is 6.58. The molecule has 5 nitrogen and oxygen atoms in total. The lowest BCUT2D eigenvalue weighted by Crippen LogP contribution is -1.95. The molecule has 2 aromatic carbocycles. The molecule has 1 N–H and O–H groups in total. The van der Waals surface area contributed by atoms with Crippen LogP contribution < -0.4 is 14.8 Å². The second-order valence-electron chi connectivity index (χ2n) is 5.97. The Labute approximate surface area is 168 Å². The van der Waals surface area contributed by atoms with E-state index in [1.165, 1.54) is 16.7 Å². The molecule has 0 spiro atoms. The molecule has 7 heteroatoms. The summed E-state index contributed by atoms with van der Waals surface area (Å²) in [5, 5.41) is 12.6. The fourth-order valence-electron chi connectivity index (χ4n) is 2.58. The molecule has 27 heavy (non-hydrogen) atoms. The van der Waals surface area contributed by atoms with Crippen LogP contribution in [-0.2, 0) is 12.2 Å². The van der Waals surface area contributed by atoms with Crippen molar-refractivity contribution in [3.05, 3.63) is 53.1 Å². The zero-order valence-corrected chi connectivity index (χ0v) is 17.5. The lowest BCUT2D eigenvalue weighted by Gasteiger charge is -2.12. The molecule has 1 aromatic heterocycles. The van der Waals surface area contributed by atoms with Gasteiger partial charge in [0.25, 0.3) is 0 Å². The number of ether oxygens (including phenoxy) is 2. The predicted molar refractivity (Wildman–Crippen MR) is 113 cm³/mol. The van der Waals surface area contributed by atoms with E-state index in [0.717, 1.165) is 38.8 Å². The van der Waals surface area contributed by atoms with Gasteiger partial charge in [-0.15, -0.1) is 10.2 Å². The molecule has 0 aliphatic carbocycles. The van der Waals surface area contributed by atoms with Crippen LogP contribution in [0.4, 0.5) is 10.8 Å². The first-order valence-corrected chi connectivity index (χ1v) is 10.5. The van der Waals surface area contributed by atoms with Gasteiger partial charge in [-0.25, -0.2) is 0 Å². The van der Waals surface area contributed by atoms with E-state index in [2.05, 4.69) is 53.6 Å². The molecular formula is C20H23N3O2S2. The van der Waals surface area contributed by atoms with Crippen LogP contribution in [-0.4, -0.2) is 24.4 Å². The maximum atomic E-state index is 5.40. The summed E-state index contributed by atoms with van der Waals surface area (Å²) >= 11 is 3.22. The molecular weight excluding hydrogens is 378 g/mol. The Balaban J connectivity index is 1.64. The van der Waals surface area contributed by atoms with E-state index in [0.29, 0.717) is 0 Å². The van der Waals surface area contributed by atoms with Crippen LogP contribution in [0.2, 0.25) is 0 Å². The van der Waals surface area contributed by atoms with Gasteiger partial charge in [-0.2, -0.15) is 0 Å². The monoisotopic (exact) mass is 401 g/mol. The standard InChI is InChI=1S/C20H23N3O2S2/c1-5-14-6-8-16(9-7-14)21-19-22-23-20(27-19)26-12-15-11-18(25-4)17(24-3)10-13(15)2/h6-11H,5,12H2,1-4H3,(H,21,22). The number of hydrogen-bond donors (Lipinski definition) is 1. The van der Waals surface area contributed by atoms with Crippen molar-refractivity contribution in [3.63, 3.8) is 0 Å². The topological polar surface area (TPSA) is 56.3 Å². The molecule has 0 atom stereocenters. The lowest BCUT2D eigenvalue weighted by atomic mass is 10.1. The quantitative estimate of drug-likeness (QED) is 0.506. The van der Waals surface area contributed by atoms with Gasteiger partial charge in [-0.3, -0.25) is 0 Å². The lowest BCUT2D eigenvalue weighted by molar-refractivity contribution is 0.354. The van der Waals surface area contributed by atoms with Gasteiger partial charge in [0.15, 0.2) is 15.8 Å². The van der Waals surface area contributed by atoms with Crippen molar-refractivity contribution in [1.82, 2.24) is 10.2 Å². The third kappa shape index (κ3) is 4.93. The molecule has 0 radical (unpaired) electrons. The second kappa shape index (κ2) is 9.10. The summed E-state index contributed by atoms with van der Waals surface area (Å²) in [7, 11) is 3.30. The van der Waals surface area contributed by atoms with E-state index in [-0.39, 0.29) is 0 Å². The molecule has 0 unspecified atom stereocenters. The van der Waals surface area contributed by atoms with E-state index in [9.17, 15) is 0 Å². The van der Waals surface area contributed by atoms with Gasteiger partial charge in [0.05, 0.1) is 14.2 Å². The van der Waals surface area contributed by atoms with Crippen molar-refractivity contribution in [2.24, 2.45) is 0 Å². The summed E-state index contributed by atoms with van der Waals surface area (Å²) in [5.41, 5.74) is 4.70. The molecule has 3 rings (SSSR count). The molecule has 142 valence electrons. The summed E-state index contributed by atoms with van der Waals surface area (Å²) in [6, 6.07) is 12.4. The third-order valence-electron chi connectivity index (χ3n) is 4.21. The summed E-state index contributed by atoms with van der Waals surface area (Å²) in [6.45, 7) is 4.22. The number of hydrogen-bond acceptors (Lipinski definition) is 7. The molecule has 0 bridgehead atoms. The minimum atomic E-state index is 0.744. The van der Waals surface area contributed by atoms with Gasteiger partial charge in [0.2, 0.25) is 5.13 Å². The Morgan fingerprint density at radius 1 is 1.04 bits per heavy atom. The van der Waals surface area contributed by atoms with E-state index in [1.807, 2.05) is 12.1 Å². The highest BCUT2D eigenvalue weighted by Gasteiger charge is 2.11. The number of aryl methyl sites for hydroxylation is 2. The number of rotatable bonds is 8. The first-order chi connectivity index (χ1) is 13.1. The van der Waals surface area contributed by atoms with E-state index < -0.39 is 0 Å². The molecule has 3 aromatic rings. The number of benzene rings is 2. The Morgan fingerprint density at radius 2 is 1.74 bits per heavy atom. The van der Waals surface area contributed by atoms with Gasteiger partial charge in [0, 0.05) is 11.4 Å². The van der Waals surface area contributed by atoms with Gasteiger partial charge < -0.3 is 14.8 Å².